The molecule has 0 aliphatic carbocycles. The molecule has 96 valence electrons. The van der Waals surface area contributed by atoms with E-state index in [1.54, 1.807) is 24.4 Å². The second-order valence-electron chi connectivity index (χ2n) is 4.40. The van der Waals surface area contributed by atoms with Crippen molar-refractivity contribution < 1.29 is 13.5 Å². The molecule has 2 unspecified atom stereocenters. The van der Waals surface area contributed by atoms with Gasteiger partial charge in [0.1, 0.15) is 0 Å². The molecule has 1 aromatic heterocycles. The van der Waals surface area contributed by atoms with E-state index in [-0.39, 0.29) is 0 Å². The van der Waals surface area contributed by atoms with E-state index in [2.05, 4.69) is 4.98 Å². The molecular weight excluding hydrogens is 250 g/mol. The Morgan fingerprint density at radius 3 is 2.61 bits per heavy atom. The summed E-state index contributed by atoms with van der Waals surface area (Å²) in [6.45, 7) is 1.51. The standard InChI is InChI=1S/C13H15NO3S/c1-9(18(2,16)17)13(15)11-5-3-7-12-10(11)6-4-8-14-12/h3-9,13,15H,1-2H3. The first-order valence-electron chi connectivity index (χ1n) is 5.62. The molecule has 0 radical (unpaired) electrons. The van der Waals surface area contributed by atoms with Crippen LogP contribution in [0.25, 0.3) is 10.9 Å². The molecule has 0 fully saturated rings. The van der Waals surface area contributed by atoms with E-state index in [9.17, 15) is 13.5 Å². The number of fused-ring (bicyclic) bond motifs is 1. The van der Waals surface area contributed by atoms with Gasteiger partial charge in [0.2, 0.25) is 0 Å². The molecule has 0 aliphatic heterocycles. The van der Waals surface area contributed by atoms with E-state index < -0.39 is 21.2 Å². The highest BCUT2D eigenvalue weighted by Gasteiger charge is 2.26. The number of sulfone groups is 1. The van der Waals surface area contributed by atoms with Crippen molar-refractivity contribution in [3.05, 3.63) is 42.1 Å². The van der Waals surface area contributed by atoms with Gasteiger partial charge in [-0.2, -0.15) is 0 Å². The van der Waals surface area contributed by atoms with Gasteiger partial charge in [-0.15, -0.1) is 0 Å². The smallest absolute Gasteiger partial charge is 0.152 e. The number of aliphatic hydroxyl groups is 1. The topological polar surface area (TPSA) is 67.3 Å². The molecule has 2 aromatic rings. The largest absolute Gasteiger partial charge is 0.387 e. The number of aliphatic hydroxyl groups excluding tert-OH is 1. The van der Waals surface area contributed by atoms with E-state index in [0.717, 1.165) is 17.2 Å². The van der Waals surface area contributed by atoms with E-state index in [1.165, 1.54) is 6.92 Å². The van der Waals surface area contributed by atoms with Gasteiger partial charge in [-0.1, -0.05) is 18.2 Å². The van der Waals surface area contributed by atoms with Crippen molar-refractivity contribution in [1.82, 2.24) is 4.98 Å². The number of hydrogen-bond donors (Lipinski definition) is 1. The second-order valence-corrected chi connectivity index (χ2v) is 6.80. The fourth-order valence-electron chi connectivity index (χ4n) is 1.87. The van der Waals surface area contributed by atoms with Gasteiger partial charge in [-0.3, -0.25) is 4.98 Å². The minimum absolute atomic E-state index is 0.596. The van der Waals surface area contributed by atoms with Gasteiger partial charge in [-0.25, -0.2) is 8.42 Å². The zero-order valence-corrected chi connectivity index (χ0v) is 11.1. The highest BCUT2D eigenvalue weighted by Crippen LogP contribution is 2.27. The van der Waals surface area contributed by atoms with Crippen LogP contribution in [-0.4, -0.2) is 30.0 Å². The Morgan fingerprint density at radius 1 is 1.22 bits per heavy atom. The van der Waals surface area contributed by atoms with Crippen molar-refractivity contribution in [3.8, 4) is 0 Å². The number of hydrogen-bond acceptors (Lipinski definition) is 4. The molecule has 0 aliphatic rings. The van der Waals surface area contributed by atoms with Crippen LogP contribution in [0, 0.1) is 0 Å². The molecule has 0 saturated carbocycles. The molecule has 1 aromatic carbocycles. The molecule has 4 nitrogen and oxygen atoms in total. The van der Waals surface area contributed by atoms with Crippen LogP contribution in [0.2, 0.25) is 0 Å². The van der Waals surface area contributed by atoms with Crippen molar-refractivity contribution in [2.24, 2.45) is 0 Å². The van der Waals surface area contributed by atoms with Crippen LogP contribution in [0.1, 0.15) is 18.6 Å². The van der Waals surface area contributed by atoms with E-state index >= 15 is 0 Å². The van der Waals surface area contributed by atoms with Crippen molar-refractivity contribution in [2.45, 2.75) is 18.3 Å². The summed E-state index contributed by atoms with van der Waals surface area (Å²) in [6.07, 6.45) is 1.75. The number of aromatic nitrogens is 1. The quantitative estimate of drug-likeness (QED) is 0.917. The molecule has 0 spiro atoms. The average Bonchev–Trinajstić information content (AvgIpc) is 2.35. The molecule has 5 heteroatoms. The van der Waals surface area contributed by atoms with Gasteiger partial charge in [-0.05, 0) is 24.6 Å². The van der Waals surface area contributed by atoms with Crippen LogP contribution < -0.4 is 0 Å². The monoisotopic (exact) mass is 265 g/mol. The fraction of sp³-hybridized carbons (Fsp3) is 0.308. The summed E-state index contributed by atoms with van der Waals surface area (Å²) in [5, 5.41) is 10.2. The Balaban J connectivity index is 2.55. The average molecular weight is 265 g/mol. The van der Waals surface area contributed by atoms with Gasteiger partial charge in [0.25, 0.3) is 0 Å². The molecule has 1 N–H and O–H groups in total. The highest BCUT2D eigenvalue weighted by atomic mass is 32.2. The summed E-state index contributed by atoms with van der Waals surface area (Å²) in [5.41, 5.74) is 1.34. The molecule has 0 amide bonds. The number of nitrogens with zero attached hydrogens (tertiary/aromatic N) is 1. The Bertz CT molecular complexity index is 661. The zero-order valence-electron chi connectivity index (χ0n) is 10.2. The van der Waals surface area contributed by atoms with Crippen molar-refractivity contribution in [3.63, 3.8) is 0 Å². The fourth-order valence-corrected chi connectivity index (χ4v) is 2.49. The van der Waals surface area contributed by atoms with Crippen LogP contribution in [0.3, 0.4) is 0 Å². The normalized spacial score (nSPS) is 15.5. The maximum absolute atomic E-state index is 11.5. The molecular formula is C13H15NO3S. The third kappa shape index (κ3) is 2.37. The van der Waals surface area contributed by atoms with E-state index in [0.29, 0.717) is 5.56 Å². The summed E-state index contributed by atoms with van der Waals surface area (Å²) in [4.78, 5) is 4.19. The first-order chi connectivity index (χ1) is 8.41. The summed E-state index contributed by atoms with van der Waals surface area (Å²) in [7, 11) is -3.29. The number of pyridine rings is 1. The third-order valence-electron chi connectivity index (χ3n) is 3.12. The lowest BCUT2D eigenvalue weighted by Crippen LogP contribution is -2.24. The van der Waals surface area contributed by atoms with Crippen LogP contribution in [0.5, 0.6) is 0 Å². The van der Waals surface area contributed by atoms with Crippen molar-refractivity contribution in [2.75, 3.05) is 6.26 Å². The third-order valence-corrected chi connectivity index (χ3v) is 4.73. The van der Waals surface area contributed by atoms with Gasteiger partial charge in [0.05, 0.1) is 16.9 Å². The highest BCUT2D eigenvalue weighted by molar-refractivity contribution is 7.91. The predicted molar refractivity (Wildman–Crippen MR) is 71.0 cm³/mol. The summed E-state index contributed by atoms with van der Waals surface area (Å²) in [5.74, 6) is 0. The molecule has 2 rings (SSSR count). The predicted octanol–water partition coefficient (Wildman–Crippen LogP) is 1.70. The minimum atomic E-state index is -3.29. The Labute approximate surface area is 106 Å². The number of rotatable bonds is 3. The minimum Gasteiger partial charge on any atom is -0.387 e. The molecule has 0 saturated heterocycles. The van der Waals surface area contributed by atoms with Gasteiger partial charge in [0.15, 0.2) is 9.84 Å². The van der Waals surface area contributed by atoms with E-state index in [4.69, 9.17) is 0 Å². The van der Waals surface area contributed by atoms with Crippen LogP contribution in [0.15, 0.2) is 36.5 Å². The van der Waals surface area contributed by atoms with Crippen LogP contribution in [0.4, 0.5) is 0 Å². The van der Waals surface area contributed by atoms with Gasteiger partial charge >= 0.3 is 0 Å². The van der Waals surface area contributed by atoms with Crippen molar-refractivity contribution in [1.29, 1.82) is 0 Å². The van der Waals surface area contributed by atoms with Crippen LogP contribution in [-0.2, 0) is 9.84 Å². The summed E-state index contributed by atoms with van der Waals surface area (Å²) < 4.78 is 23.0. The maximum Gasteiger partial charge on any atom is 0.152 e. The number of benzene rings is 1. The molecule has 2 atom stereocenters. The van der Waals surface area contributed by atoms with Gasteiger partial charge in [0, 0.05) is 17.8 Å². The maximum atomic E-state index is 11.5. The summed E-state index contributed by atoms with van der Waals surface area (Å²) >= 11 is 0. The Morgan fingerprint density at radius 2 is 1.94 bits per heavy atom. The lowest BCUT2D eigenvalue weighted by atomic mass is 10.0. The van der Waals surface area contributed by atoms with E-state index in [1.807, 2.05) is 12.1 Å². The molecule has 0 bridgehead atoms. The first kappa shape index (κ1) is 13.0. The Hall–Kier alpha value is -1.46. The van der Waals surface area contributed by atoms with Crippen LogP contribution >= 0.6 is 0 Å². The molecule has 1 heterocycles. The second kappa shape index (κ2) is 4.66. The lowest BCUT2D eigenvalue weighted by molar-refractivity contribution is 0.177. The summed E-state index contributed by atoms with van der Waals surface area (Å²) in [6, 6.07) is 8.93. The Kier molecular flexibility index (Phi) is 3.36. The molecule has 18 heavy (non-hydrogen) atoms. The first-order valence-corrected chi connectivity index (χ1v) is 7.57. The zero-order chi connectivity index (χ0) is 13.3. The van der Waals surface area contributed by atoms with Crippen molar-refractivity contribution >= 4 is 20.7 Å². The van der Waals surface area contributed by atoms with Gasteiger partial charge < -0.3 is 5.11 Å². The lowest BCUT2D eigenvalue weighted by Gasteiger charge is -2.19. The SMILES string of the molecule is CC(C(O)c1cccc2ncccc12)S(C)(=O)=O.